The van der Waals surface area contributed by atoms with Crippen molar-refractivity contribution in [3.05, 3.63) is 67.8 Å². The van der Waals surface area contributed by atoms with E-state index < -0.39 is 9.85 Å². The van der Waals surface area contributed by atoms with Gasteiger partial charge in [0, 0.05) is 18.2 Å². The maximum Gasteiger partial charge on any atom is 0.275 e. The number of aryl methyl sites for hydroxylation is 1. The van der Waals surface area contributed by atoms with Crippen molar-refractivity contribution in [1.82, 2.24) is 0 Å². The molecule has 0 aliphatic rings. The molecule has 0 unspecified atom stereocenters. The Hall–Kier alpha value is -3.16. The number of benzene rings is 2. The number of phenolic OH excluding ortho intramolecular Hbond substituents is 2. The van der Waals surface area contributed by atoms with E-state index in [9.17, 15) is 20.2 Å². The molecule has 0 saturated heterocycles. The molecule has 2 rings (SSSR count). The van der Waals surface area contributed by atoms with Crippen LogP contribution in [0.2, 0.25) is 0 Å². The van der Waals surface area contributed by atoms with Gasteiger partial charge in [-0.1, -0.05) is 6.07 Å². The molecule has 116 valence electrons. The van der Waals surface area contributed by atoms with Crippen LogP contribution in [0.15, 0.2) is 36.4 Å². The van der Waals surface area contributed by atoms with E-state index in [4.69, 9.17) is 10.2 Å². The molecule has 0 bridgehead atoms. The number of non-ortho nitro benzene ring substituents is 1. The number of nitro groups is 2. The molecule has 8 nitrogen and oxygen atoms in total. The lowest BCUT2D eigenvalue weighted by Gasteiger charge is -1.97. The highest BCUT2D eigenvalue weighted by atomic mass is 16.6. The predicted octanol–water partition coefficient (Wildman–Crippen LogP) is 3.22. The van der Waals surface area contributed by atoms with Crippen LogP contribution < -0.4 is 0 Å². The summed E-state index contributed by atoms with van der Waals surface area (Å²) in [6.07, 6.45) is 0. The van der Waals surface area contributed by atoms with Crippen LogP contribution in [0, 0.1) is 34.1 Å². The topological polar surface area (TPSA) is 127 Å². The van der Waals surface area contributed by atoms with Crippen molar-refractivity contribution in [3.8, 4) is 11.5 Å². The van der Waals surface area contributed by atoms with Gasteiger partial charge >= 0.3 is 0 Å². The first-order valence-electron chi connectivity index (χ1n) is 6.11. The number of aromatic hydroxyl groups is 2. The molecule has 0 aliphatic heterocycles. The molecule has 0 radical (unpaired) electrons. The summed E-state index contributed by atoms with van der Waals surface area (Å²) in [5.41, 5.74) is 0.766. The molecule has 0 saturated carbocycles. The van der Waals surface area contributed by atoms with Crippen LogP contribution in [-0.2, 0) is 0 Å². The van der Waals surface area contributed by atoms with Crippen LogP contribution in [0.4, 0.5) is 11.4 Å². The minimum absolute atomic E-state index is 0.000278. The lowest BCUT2D eigenvalue weighted by Crippen LogP contribution is -1.90. The lowest BCUT2D eigenvalue weighted by atomic mass is 10.2. The fourth-order valence-corrected chi connectivity index (χ4v) is 1.56. The number of hydrogen-bond acceptors (Lipinski definition) is 6. The predicted molar refractivity (Wildman–Crippen MR) is 79.0 cm³/mol. The molecule has 2 aromatic carbocycles. The number of nitro benzene ring substituents is 2. The molecule has 0 spiro atoms. The molecule has 0 atom stereocenters. The van der Waals surface area contributed by atoms with Gasteiger partial charge in [0.15, 0.2) is 0 Å². The quantitative estimate of drug-likeness (QED) is 0.647. The van der Waals surface area contributed by atoms with E-state index in [1.54, 1.807) is 6.92 Å². The minimum Gasteiger partial charge on any atom is -0.508 e. The summed E-state index contributed by atoms with van der Waals surface area (Å²) in [7, 11) is 0. The standard InChI is InChI=1S/2C7H7NO3/c1-5-4-6(8(10)11)2-3-7(5)9;1-5-6(8(10)11)3-2-4-7(5)9/h2*2-4,9H,1H3. The van der Waals surface area contributed by atoms with Gasteiger partial charge in [0.2, 0.25) is 0 Å². The second-order valence-electron chi connectivity index (χ2n) is 4.41. The fourth-order valence-electron chi connectivity index (χ4n) is 1.56. The highest BCUT2D eigenvalue weighted by Crippen LogP contribution is 2.25. The molecule has 8 heteroatoms. The van der Waals surface area contributed by atoms with Crippen LogP contribution in [0.5, 0.6) is 11.5 Å². The normalized spacial score (nSPS) is 9.55. The summed E-state index contributed by atoms with van der Waals surface area (Å²) >= 11 is 0. The average Bonchev–Trinajstić information content (AvgIpc) is 2.45. The molecule has 0 aliphatic carbocycles. The molecule has 2 N–H and O–H groups in total. The zero-order valence-electron chi connectivity index (χ0n) is 11.9. The summed E-state index contributed by atoms with van der Waals surface area (Å²) in [5.74, 6) is 0.0369. The second kappa shape index (κ2) is 7.02. The van der Waals surface area contributed by atoms with E-state index >= 15 is 0 Å². The maximum absolute atomic E-state index is 10.3. The Labute approximate surface area is 125 Å². The zero-order valence-corrected chi connectivity index (χ0v) is 11.9. The third-order valence-electron chi connectivity index (χ3n) is 2.86. The Morgan fingerprint density at radius 2 is 1.55 bits per heavy atom. The van der Waals surface area contributed by atoms with Crippen LogP contribution in [-0.4, -0.2) is 20.1 Å². The summed E-state index contributed by atoms with van der Waals surface area (Å²) < 4.78 is 0. The van der Waals surface area contributed by atoms with E-state index in [0.717, 1.165) is 0 Å². The first kappa shape index (κ1) is 16.9. The number of hydrogen-bond donors (Lipinski definition) is 2. The Morgan fingerprint density at radius 1 is 0.909 bits per heavy atom. The van der Waals surface area contributed by atoms with E-state index in [0.29, 0.717) is 11.1 Å². The fraction of sp³-hybridized carbons (Fsp3) is 0.143. The van der Waals surface area contributed by atoms with E-state index in [1.807, 2.05) is 0 Å². The van der Waals surface area contributed by atoms with Gasteiger partial charge in [-0.2, -0.15) is 0 Å². The molecule has 2 aromatic rings. The van der Waals surface area contributed by atoms with Gasteiger partial charge in [0.05, 0.1) is 15.4 Å². The Morgan fingerprint density at radius 3 is 2.00 bits per heavy atom. The van der Waals surface area contributed by atoms with Crippen LogP contribution in [0.1, 0.15) is 11.1 Å². The summed E-state index contributed by atoms with van der Waals surface area (Å²) in [4.78, 5) is 19.4. The first-order valence-corrected chi connectivity index (χ1v) is 6.11. The third kappa shape index (κ3) is 4.17. The molecule has 0 amide bonds. The maximum atomic E-state index is 10.3. The van der Waals surface area contributed by atoms with Crippen molar-refractivity contribution in [1.29, 1.82) is 0 Å². The molecule has 0 heterocycles. The highest BCUT2D eigenvalue weighted by Gasteiger charge is 2.11. The molecular formula is C14H14N2O6. The van der Waals surface area contributed by atoms with Gasteiger partial charge < -0.3 is 10.2 Å². The van der Waals surface area contributed by atoms with Crippen molar-refractivity contribution in [2.24, 2.45) is 0 Å². The largest absolute Gasteiger partial charge is 0.508 e. The van der Waals surface area contributed by atoms with Gasteiger partial charge in [0.1, 0.15) is 11.5 Å². The molecule has 22 heavy (non-hydrogen) atoms. The van der Waals surface area contributed by atoms with Crippen molar-refractivity contribution in [2.75, 3.05) is 0 Å². The number of nitrogens with zero attached hydrogens (tertiary/aromatic N) is 2. The first-order chi connectivity index (χ1) is 10.2. The minimum atomic E-state index is -0.519. The number of rotatable bonds is 2. The van der Waals surface area contributed by atoms with Gasteiger partial charge in [-0.15, -0.1) is 0 Å². The lowest BCUT2D eigenvalue weighted by molar-refractivity contribution is -0.385. The number of phenols is 2. The van der Waals surface area contributed by atoms with Crippen molar-refractivity contribution in [2.45, 2.75) is 13.8 Å². The molecular weight excluding hydrogens is 292 g/mol. The van der Waals surface area contributed by atoms with Gasteiger partial charge in [-0.3, -0.25) is 20.2 Å². The van der Waals surface area contributed by atoms with E-state index in [2.05, 4.69) is 0 Å². The van der Waals surface area contributed by atoms with Crippen molar-refractivity contribution >= 4 is 11.4 Å². The monoisotopic (exact) mass is 306 g/mol. The average molecular weight is 306 g/mol. The summed E-state index contributed by atoms with van der Waals surface area (Å²) in [6.45, 7) is 3.12. The Kier molecular flexibility index (Phi) is 5.39. The second-order valence-corrected chi connectivity index (χ2v) is 4.41. The van der Waals surface area contributed by atoms with Crippen molar-refractivity contribution < 1.29 is 20.1 Å². The molecule has 0 aromatic heterocycles. The zero-order chi connectivity index (χ0) is 16.9. The summed E-state index contributed by atoms with van der Waals surface area (Å²) in [5, 5.41) is 38.5. The van der Waals surface area contributed by atoms with Crippen LogP contribution in [0.25, 0.3) is 0 Å². The Balaban J connectivity index is 0.000000220. The van der Waals surface area contributed by atoms with Gasteiger partial charge in [-0.05, 0) is 31.5 Å². The smallest absolute Gasteiger partial charge is 0.275 e. The van der Waals surface area contributed by atoms with Gasteiger partial charge in [0.25, 0.3) is 11.4 Å². The third-order valence-corrected chi connectivity index (χ3v) is 2.86. The van der Waals surface area contributed by atoms with Gasteiger partial charge in [-0.25, -0.2) is 0 Å². The van der Waals surface area contributed by atoms with Crippen LogP contribution in [0.3, 0.4) is 0 Å². The SMILES string of the molecule is Cc1c(O)cccc1[N+](=O)[O-].Cc1cc([N+](=O)[O-])ccc1O. The van der Waals surface area contributed by atoms with E-state index in [1.165, 1.54) is 43.3 Å². The van der Waals surface area contributed by atoms with Crippen molar-refractivity contribution in [3.63, 3.8) is 0 Å². The summed E-state index contributed by atoms with van der Waals surface area (Å²) in [6, 6.07) is 8.13. The molecule has 0 fully saturated rings. The van der Waals surface area contributed by atoms with E-state index in [-0.39, 0.29) is 22.9 Å². The van der Waals surface area contributed by atoms with Crippen LogP contribution >= 0.6 is 0 Å². The Bertz CT molecular complexity index is 714. The highest BCUT2D eigenvalue weighted by molar-refractivity contribution is 5.47.